The van der Waals surface area contributed by atoms with Gasteiger partial charge in [0, 0.05) is 37.9 Å². The Morgan fingerprint density at radius 2 is 1.94 bits per heavy atom. The lowest BCUT2D eigenvalue weighted by Crippen LogP contribution is -2.45. The van der Waals surface area contributed by atoms with Gasteiger partial charge in [0.25, 0.3) is 0 Å². The van der Waals surface area contributed by atoms with Crippen LogP contribution in [0, 0.1) is 23.2 Å². The molecule has 178 valence electrons. The predicted octanol–water partition coefficient (Wildman–Crippen LogP) is 2.76. The first-order valence-electron chi connectivity index (χ1n) is 12.2. The van der Waals surface area contributed by atoms with Gasteiger partial charge in [-0.15, -0.1) is 0 Å². The van der Waals surface area contributed by atoms with Crippen molar-refractivity contribution in [2.75, 3.05) is 31.4 Å². The van der Waals surface area contributed by atoms with Crippen molar-refractivity contribution in [1.29, 1.82) is 5.26 Å². The Balaban J connectivity index is 1.24. The summed E-state index contributed by atoms with van der Waals surface area (Å²) in [4.78, 5) is 26.2. The highest BCUT2D eigenvalue weighted by molar-refractivity contribution is 6.52. The average Bonchev–Trinajstić information content (AvgIpc) is 2.85. The Labute approximate surface area is 202 Å². The number of piperidine rings is 2. The molecule has 0 saturated carbocycles. The molecule has 0 spiro atoms. The van der Waals surface area contributed by atoms with E-state index in [1.165, 1.54) is 0 Å². The van der Waals surface area contributed by atoms with Gasteiger partial charge in [0.05, 0.1) is 17.7 Å². The molecule has 0 aromatic carbocycles. The molecule has 1 atom stereocenters. The van der Waals surface area contributed by atoms with E-state index in [0.717, 1.165) is 69.7 Å². The Morgan fingerprint density at radius 3 is 2.59 bits per heavy atom. The van der Waals surface area contributed by atoms with E-state index in [2.05, 4.69) is 26.2 Å². The summed E-state index contributed by atoms with van der Waals surface area (Å²) in [5.41, 5.74) is 1.98. The van der Waals surface area contributed by atoms with E-state index < -0.39 is 7.05 Å². The largest absolute Gasteiger partial charge is 0.433 e. The Hall–Kier alpha value is -2.96. The smallest absolute Gasteiger partial charge is 0.408 e. The number of hydrogen-bond donors (Lipinski definition) is 2. The third-order valence-corrected chi connectivity index (χ3v) is 6.99. The number of carbonyl (C=O) groups is 1. The van der Waals surface area contributed by atoms with Crippen molar-refractivity contribution < 1.29 is 9.82 Å². The van der Waals surface area contributed by atoms with E-state index in [-0.39, 0.29) is 23.7 Å². The molecule has 2 aromatic heterocycles. The molecule has 2 fully saturated rings. The summed E-state index contributed by atoms with van der Waals surface area (Å²) in [6.07, 6.45) is 6.94. The summed E-state index contributed by atoms with van der Waals surface area (Å²) in [5, 5.41) is 22.1. The molecule has 0 bridgehead atoms. The quantitative estimate of drug-likeness (QED) is 0.612. The first kappa shape index (κ1) is 24.2. The third-order valence-electron chi connectivity index (χ3n) is 6.99. The highest BCUT2D eigenvalue weighted by atomic mass is 16.2. The fourth-order valence-corrected chi connectivity index (χ4v) is 5.15. The highest BCUT2D eigenvalue weighted by Gasteiger charge is 2.33. The minimum Gasteiger partial charge on any atom is -0.433 e. The second-order valence-electron chi connectivity index (χ2n) is 9.44. The van der Waals surface area contributed by atoms with Gasteiger partial charge in [-0.2, -0.15) is 5.26 Å². The van der Waals surface area contributed by atoms with Crippen LogP contribution in [0.15, 0.2) is 42.7 Å². The van der Waals surface area contributed by atoms with E-state index in [9.17, 15) is 15.1 Å². The highest BCUT2D eigenvalue weighted by Crippen LogP contribution is 2.32. The summed E-state index contributed by atoms with van der Waals surface area (Å²) < 4.78 is 0. The number of nitrogens with zero attached hydrogens (tertiary/aromatic N) is 5. The molecular weight excluding hydrogens is 427 g/mol. The number of rotatable bonds is 7. The number of aromatic nitrogens is 2. The molecule has 1 amide bonds. The minimum atomic E-state index is -0.643. The second kappa shape index (κ2) is 11.5. The van der Waals surface area contributed by atoms with Crippen molar-refractivity contribution in [3.05, 3.63) is 54.0 Å². The van der Waals surface area contributed by atoms with Gasteiger partial charge in [0.15, 0.2) is 0 Å². The van der Waals surface area contributed by atoms with Gasteiger partial charge in [-0.05, 0) is 81.3 Å². The molecule has 34 heavy (non-hydrogen) atoms. The van der Waals surface area contributed by atoms with Gasteiger partial charge < -0.3 is 15.2 Å². The molecule has 0 aliphatic carbocycles. The van der Waals surface area contributed by atoms with Crippen molar-refractivity contribution in [3.8, 4) is 6.07 Å². The van der Waals surface area contributed by atoms with Crippen LogP contribution in [0.5, 0.6) is 0 Å². The number of nitrogens with one attached hydrogen (secondary N) is 1. The van der Waals surface area contributed by atoms with Gasteiger partial charge in [-0.3, -0.25) is 14.7 Å². The van der Waals surface area contributed by atoms with Crippen LogP contribution in [0.25, 0.3) is 0 Å². The Kier molecular flexibility index (Phi) is 8.14. The molecule has 0 radical (unpaired) electrons. The fraction of sp³-hybridized carbons (Fsp3) is 0.520. The van der Waals surface area contributed by atoms with Crippen LogP contribution in [0.3, 0.4) is 0 Å². The van der Waals surface area contributed by atoms with Crippen LogP contribution in [0.1, 0.15) is 42.9 Å². The zero-order chi connectivity index (χ0) is 23.9. The van der Waals surface area contributed by atoms with Gasteiger partial charge in [-0.1, -0.05) is 6.07 Å². The van der Waals surface area contributed by atoms with Gasteiger partial charge in [0.1, 0.15) is 5.82 Å². The van der Waals surface area contributed by atoms with Crippen molar-refractivity contribution in [2.45, 2.75) is 45.0 Å². The van der Waals surface area contributed by atoms with Crippen molar-refractivity contribution >= 4 is 18.8 Å². The van der Waals surface area contributed by atoms with Gasteiger partial charge in [0.2, 0.25) is 5.91 Å². The molecule has 9 heteroatoms. The van der Waals surface area contributed by atoms with Crippen molar-refractivity contribution in [1.82, 2.24) is 19.8 Å². The van der Waals surface area contributed by atoms with Crippen molar-refractivity contribution in [3.63, 3.8) is 0 Å². The Bertz CT molecular complexity index is 982. The first-order valence-corrected chi connectivity index (χ1v) is 12.2. The maximum absolute atomic E-state index is 13.2. The lowest BCUT2D eigenvalue weighted by molar-refractivity contribution is -0.138. The summed E-state index contributed by atoms with van der Waals surface area (Å²) in [5.74, 6) is 1.07. The molecule has 2 saturated heterocycles. The number of pyridine rings is 2. The zero-order valence-electron chi connectivity index (χ0n) is 19.8. The molecule has 4 rings (SSSR count). The molecule has 1 unspecified atom stereocenters. The zero-order valence-corrected chi connectivity index (χ0v) is 19.8. The monoisotopic (exact) mass is 460 g/mol. The predicted molar refractivity (Wildman–Crippen MR) is 132 cm³/mol. The molecular formula is C25H33BN6O2. The third kappa shape index (κ3) is 6.13. The molecule has 8 nitrogen and oxygen atoms in total. The summed E-state index contributed by atoms with van der Waals surface area (Å²) >= 11 is 0. The number of carbonyl (C=O) groups excluding carboxylic acids is 1. The van der Waals surface area contributed by atoms with E-state index in [1.54, 1.807) is 19.2 Å². The maximum atomic E-state index is 13.2. The van der Waals surface area contributed by atoms with Crippen LogP contribution >= 0.6 is 0 Å². The molecule has 4 heterocycles. The minimum absolute atomic E-state index is 0.0836. The van der Waals surface area contributed by atoms with E-state index in [1.807, 2.05) is 35.2 Å². The number of likely N-dealkylation sites (tertiary alicyclic amines) is 2. The van der Waals surface area contributed by atoms with Crippen LogP contribution in [-0.4, -0.2) is 63.9 Å². The standard InChI is InChI=1S/C25H33BN6O2/c1-26(34)30-24-16-19(5-11-29-24)18-31-12-6-21(7-13-31)25(33)32-14-8-20(9-15-32)22(17-27)23-4-2-3-10-28-23/h2-5,10-11,16,20-22,34H,6-9,12-15,18H2,1H3,(H,29,30). The number of anilines is 1. The van der Waals surface area contributed by atoms with Gasteiger partial charge >= 0.3 is 7.05 Å². The lowest BCUT2D eigenvalue weighted by Gasteiger charge is -2.38. The SMILES string of the molecule is CB(O)Nc1cc(CN2CCC(C(=O)N3CCC(C(C#N)c4ccccn4)CC3)CC2)ccn1. The van der Waals surface area contributed by atoms with Crippen molar-refractivity contribution in [2.24, 2.45) is 11.8 Å². The number of hydrogen-bond acceptors (Lipinski definition) is 7. The molecule has 2 aliphatic heterocycles. The lowest BCUT2D eigenvalue weighted by atomic mass is 9.82. The molecule has 2 N–H and O–H groups in total. The second-order valence-corrected chi connectivity index (χ2v) is 9.44. The molecule has 2 aliphatic rings. The van der Waals surface area contributed by atoms with E-state index >= 15 is 0 Å². The average molecular weight is 460 g/mol. The summed E-state index contributed by atoms with van der Waals surface area (Å²) in [7, 11) is -0.643. The van der Waals surface area contributed by atoms with E-state index in [4.69, 9.17) is 0 Å². The van der Waals surface area contributed by atoms with Gasteiger partial charge in [-0.25, -0.2) is 4.98 Å². The molecule has 2 aromatic rings. The topological polar surface area (TPSA) is 105 Å². The maximum Gasteiger partial charge on any atom is 0.408 e. The van der Waals surface area contributed by atoms with E-state index in [0.29, 0.717) is 5.82 Å². The summed E-state index contributed by atoms with van der Waals surface area (Å²) in [6, 6.07) is 12.1. The van der Waals surface area contributed by atoms with Crippen LogP contribution in [-0.2, 0) is 11.3 Å². The number of nitriles is 1. The fourth-order valence-electron chi connectivity index (χ4n) is 5.15. The summed E-state index contributed by atoms with van der Waals surface area (Å²) in [6.45, 7) is 5.72. The first-order chi connectivity index (χ1) is 16.5. The van der Waals surface area contributed by atoms with Crippen LogP contribution in [0.4, 0.5) is 5.82 Å². The Morgan fingerprint density at radius 1 is 1.18 bits per heavy atom. The normalized spacial score (nSPS) is 18.8. The van der Waals surface area contributed by atoms with Crippen LogP contribution in [0.2, 0.25) is 6.82 Å². The number of amides is 1. The van der Waals surface area contributed by atoms with Crippen LogP contribution < -0.4 is 5.23 Å².